The van der Waals surface area contributed by atoms with E-state index in [2.05, 4.69) is 10.2 Å². The molecule has 2 heterocycles. The molecule has 0 aromatic carbocycles. The standard InChI is InChI=1S/C8H12N4O2/c1-5-2-7(11-10-5)12-4-6(3-9)14-8(12)13/h2,6H,3-4,9H2,1H3,(H,10,11). The molecule has 1 aromatic rings. The zero-order valence-corrected chi connectivity index (χ0v) is 7.86. The Morgan fingerprint density at radius 2 is 2.64 bits per heavy atom. The molecule has 1 aromatic heterocycles. The molecule has 1 saturated heterocycles. The maximum atomic E-state index is 11.3. The van der Waals surface area contributed by atoms with Crippen molar-refractivity contribution < 1.29 is 9.53 Å². The number of aromatic amines is 1. The summed E-state index contributed by atoms with van der Waals surface area (Å²) in [6, 6.07) is 1.79. The normalized spacial score (nSPS) is 21.4. The molecule has 1 fully saturated rings. The van der Waals surface area contributed by atoms with Gasteiger partial charge in [0.1, 0.15) is 6.10 Å². The highest BCUT2D eigenvalue weighted by Crippen LogP contribution is 2.19. The molecule has 6 heteroatoms. The van der Waals surface area contributed by atoms with Crippen LogP contribution in [-0.2, 0) is 4.74 Å². The molecular formula is C8H12N4O2. The van der Waals surface area contributed by atoms with Crippen LogP contribution in [0.2, 0.25) is 0 Å². The summed E-state index contributed by atoms with van der Waals surface area (Å²) in [5, 5.41) is 6.74. The lowest BCUT2D eigenvalue weighted by Crippen LogP contribution is -2.27. The number of rotatable bonds is 2. The summed E-state index contributed by atoms with van der Waals surface area (Å²) in [6.07, 6.45) is -0.605. The van der Waals surface area contributed by atoms with Crippen molar-refractivity contribution in [2.45, 2.75) is 13.0 Å². The van der Waals surface area contributed by atoms with E-state index in [4.69, 9.17) is 10.5 Å². The van der Waals surface area contributed by atoms with Gasteiger partial charge in [-0.2, -0.15) is 5.10 Å². The van der Waals surface area contributed by atoms with Crippen molar-refractivity contribution in [3.8, 4) is 0 Å². The fraction of sp³-hybridized carbons (Fsp3) is 0.500. The van der Waals surface area contributed by atoms with Crippen LogP contribution >= 0.6 is 0 Å². The molecule has 76 valence electrons. The summed E-state index contributed by atoms with van der Waals surface area (Å²) in [6.45, 7) is 2.68. The van der Waals surface area contributed by atoms with Crippen LogP contribution in [0, 0.1) is 6.92 Å². The number of nitrogens with one attached hydrogen (secondary N) is 1. The number of hydrogen-bond acceptors (Lipinski definition) is 4. The fourth-order valence-corrected chi connectivity index (χ4v) is 1.37. The van der Waals surface area contributed by atoms with Gasteiger partial charge < -0.3 is 10.5 Å². The van der Waals surface area contributed by atoms with Crippen LogP contribution in [-0.4, -0.2) is 35.5 Å². The van der Waals surface area contributed by atoms with Crippen molar-refractivity contribution in [3.63, 3.8) is 0 Å². The third-order valence-electron chi connectivity index (χ3n) is 2.11. The van der Waals surface area contributed by atoms with Crippen LogP contribution < -0.4 is 10.6 Å². The molecule has 3 N–H and O–H groups in total. The van der Waals surface area contributed by atoms with Crippen LogP contribution in [0.25, 0.3) is 0 Å². The summed E-state index contributed by atoms with van der Waals surface area (Å²) in [5.74, 6) is 0.587. The first kappa shape index (κ1) is 9.01. The van der Waals surface area contributed by atoms with Gasteiger partial charge in [0.15, 0.2) is 5.82 Å². The second-order valence-electron chi connectivity index (χ2n) is 3.26. The van der Waals surface area contributed by atoms with Crippen LogP contribution in [0.5, 0.6) is 0 Å². The van der Waals surface area contributed by atoms with Crippen molar-refractivity contribution in [1.29, 1.82) is 0 Å². The van der Waals surface area contributed by atoms with Gasteiger partial charge in [-0.3, -0.25) is 10.00 Å². The third-order valence-corrected chi connectivity index (χ3v) is 2.11. The number of ether oxygens (including phenoxy) is 1. The van der Waals surface area contributed by atoms with Crippen LogP contribution in [0.1, 0.15) is 5.69 Å². The quantitative estimate of drug-likeness (QED) is 0.697. The lowest BCUT2D eigenvalue weighted by Gasteiger charge is -2.07. The fourth-order valence-electron chi connectivity index (χ4n) is 1.37. The lowest BCUT2D eigenvalue weighted by atomic mass is 10.3. The molecule has 0 radical (unpaired) electrons. The summed E-state index contributed by atoms with van der Waals surface area (Å²) >= 11 is 0. The van der Waals surface area contributed by atoms with Gasteiger partial charge >= 0.3 is 6.09 Å². The van der Waals surface area contributed by atoms with E-state index in [1.165, 1.54) is 4.90 Å². The molecule has 1 unspecified atom stereocenters. The van der Waals surface area contributed by atoms with E-state index in [-0.39, 0.29) is 12.2 Å². The van der Waals surface area contributed by atoms with Gasteiger partial charge in [0.2, 0.25) is 0 Å². The van der Waals surface area contributed by atoms with Gasteiger partial charge in [0, 0.05) is 18.3 Å². The highest BCUT2D eigenvalue weighted by molar-refractivity contribution is 5.88. The predicted molar refractivity (Wildman–Crippen MR) is 50.0 cm³/mol. The second kappa shape index (κ2) is 3.30. The molecular weight excluding hydrogens is 184 g/mol. The van der Waals surface area contributed by atoms with Gasteiger partial charge in [-0.05, 0) is 6.92 Å². The Labute approximate surface area is 81.0 Å². The Bertz CT molecular complexity index is 349. The third kappa shape index (κ3) is 1.44. The smallest absolute Gasteiger partial charge is 0.416 e. The molecule has 0 spiro atoms. The number of nitrogens with two attached hydrogens (primary N) is 1. The topological polar surface area (TPSA) is 84.2 Å². The zero-order valence-electron chi connectivity index (χ0n) is 7.86. The molecule has 0 aliphatic carbocycles. The second-order valence-corrected chi connectivity index (χ2v) is 3.26. The molecule has 0 saturated carbocycles. The average molecular weight is 196 g/mol. The molecule has 1 aliphatic heterocycles. The summed E-state index contributed by atoms with van der Waals surface area (Å²) in [7, 11) is 0. The van der Waals surface area contributed by atoms with Gasteiger partial charge in [0.25, 0.3) is 0 Å². The van der Waals surface area contributed by atoms with Crippen LogP contribution in [0.3, 0.4) is 0 Å². The number of anilines is 1. The van der Waals surface area contributed by atoms with Crippen molar-refractivity contribution in [2.24, 2.45) is 5.73 Å². The molecule has 6 nitrogen and oxygen atoms in total. The summed E-state index contributed by atoms with van der Waals surface area (Å²) in [4.78, 5) is 12.8. The SMILES string of the molecule is Cc1cc(N2CC(CN)OC2=O)n[nH]1. The van der Waals surface area contributed by atoms with Crippen LogP contribution in [0.15, 0.2) is 6.07 Å². The monoisotopic (exact) mass is 196 g/mol. The number of carbonyl (C=O) groups excluding carboxylic acids is 1. The van der Waals surface area contributed by atoms with Crippen LogP contribution in [0.4, 0.5) is 10.6 Å². The number of hydrogen-bond donors (Lipinski definition) is 2. The first-order chi connectivity index (χ1) is 6.70. The van der Waals surface area contributed by atoms with Gasteiger partial charge in [-0.15, -0.1) is 0 Å². The maximum absolute atomic E-state index is 11.3. The molecule has 2 rings (SSSR count). The first-order valence-electron chi connectivity index (χ1n) is 4.41. The zero-order chi connectivity index (χ0) is 10.1. The largest absolute Gasteiger partial charge is 0.443 e. The molecule has 1 atom stereocenters. The first-order valence-corrected chi connectivity index (χ1v) is 4.41. The van der Waals surface area contributed by atoms with Crippen molar-refractivity contribution >= 4 is 11.9 Å². The van der Waals surface area contributed by atoms with Crippen molar-refractivity contribution in [3.05, 3.63) is 11.8 Å². The minimum absolute atomic E-state index is 0.223. The van der Waals surface area contributed by atoms with E-state index < -0.39 is 0 Å². The number of carbonyl (C=O) groups is 1. The Balaban J connectivity index is 2.16. The lowest BCUT2D eigenvalue weighted by molar-refractivity contribution is 0.145. The Morgan fingerprint density at radius 1 is 1.86 bits per heavy atom. The van der Waals surface area contributed by atoms with Gasteiger partial charge in [-0.1, -0.05) is 0 Å². The Hall–Kier alpha value is -1.56. The highest BCUT2D eigenvalue weighted by atomic mass is 16.6. The predicted octanol–water partition coefficient (Wildman–Crippen LogP) is 0.00202. The average Bonchev–Trinajstić information content (AvgIpc) is 2.71. The maximum Gasteiger partial charge on any atom is 0.416 e. The number of H-pyrrole nitrogens is 1. The minimum Gasteiger partial charge on any atom is -0.443 e. The number of aryl methyl sites for hydroxylation is 1. The number of amides is 1. The van der Waals surface area contributed by atoms with E-state index in [9.17, 15) is 4.79 Å². The summed E-state index contributed by atoms with van der Waals surface area (Å²) < 4.78 is 4.99. The van der Waals surface area contributed by atoms with E-state index in [1.54, 1.807) is 6.07 Å². The minimum atomic E-state index is -0.382. The highest BCUT2D eigenvalue weighted by Gasteiger charge is 2.32. The van der Waals surface area contributed by atoms with Crippen molar-refractivity contribution in [2.75, 3.05) is 18.0 Å². The number of aromatic nitrogens is 2. The molecule has 14 heavy (non-hydrogen) atoms. The molecule has 1 aliphatic rings. The van der Waals surface area contributed by atoms with E-state index in [0.29, 0.717) is 18.9 Å². The van der Waals surface area contributed by atoms with Crippen molar-refractivity contribution in [1.82, 2.24) is 10.2 Å². The summed E-state index contributed by atoms with van der Waals surface area (Å²) in [5.41, 5.74) is 6.32. The molecule has 0 bridgehead atoms. The van der Waals surface area contributed by atoms with E-state index in [1.807, 2.05) is 6.92 Å². The van der Waals surface area contributed by atoms with Gasteiger partial charge in [0.05, 0.1) is 6.54 Å². The van der Waals surface area contributed by atoms with Gasteiger partial charge in [-0.25, -0.2) is 4.79 Å². The number of cyclic esters (lactones) is 1. The Morgan fingerprint density at radius 3 is 3.14 bits per heavy atom. The van der Waals surface area contributed by atoms with E-state index in [0.717, 1.165) is 5.69 Å². The molecule has 1 amide bonds. The Kier molecular flexibility index (Phi) is 2.12. The number of nitrogens with zero attached hydrogens (tertiary/aromatic N) is 2. The van der Waals surface area contributed by atoms with E-state index >= 15 is 0 Å².